The highest BCUT2D eigenvalue weighted by Crippen LogP contribution is 2.27. The van der Waals surface area contributed by atoms with Crippen LogP contribution in [0, 0.1) is 5.82 Å². The van der Waals surface area contributed by atoms with Crippen molar-refractivity contribution in [1.29, 1.82) is 0 Å². The molecule has 1 heterocycles. The predicted molar refractivity (Wildman–Crippen MR) is 116 cm³/mol. The molecule has 0 spiro atoms. The molecule has 0 saturated carbocycles. The number of hydrogen-bond acceptors (Lipinski definition) is 4. The number of rotatable bonds is 5. The molecule has 0 aliphatic heterocycles. The van der Waals surface area contributed by atoms with E-state index in [-0.39, 0.29) is 11.7 Å². The van der Waals surface area contributed by atoms with E-state index in [4.69, 9.17) is 4.74 Å². The quantitative estimate of drug-likeness (QED) is 0.546. The van der Waals surface area contributed by atoms with E-state index in [1.165, 1.54) is 23.5 Å². The Balaban J connectivity index is 1.72. The van der Waals surface area contributed by atoms with E-state index in [0.29, 0.717) is 11.3 Å². The van der Waals surface area contributed by atoms with Crippen molar-refractivity contribution in [1.82, 2.24) is 5.32 Å². The highest BCUT2D eigenvalue weighted by molar-refractivity contribution is 7.10. The van der Waals surface area contributed by atoms with Gasteiger partial charge in [-0.05, 0) is 74.2 Å². The molecule has 1 aromatic heterocycles. The third-order valence-electron chi connectivity index (χ3n) is 4.10. The standard InChI is InChI=1S/C23H23FN2O3S/c1-23(2,3)29-22(28)25-18-12-8-16(9-13-18)21(27)26-20(19-5-4-14-30-19)15-6-10-17(24)11-7-15/h4-14,20H,1-3H3,(H,25,28)(H,26,27). The van der Waals surface area contributed by atoms with Crippen LogP contribution in [0.2, 0.25) is 0 Å². The summed E-state index contributed by atoms with van der Waals surface area (Å²) in [5.41, 5.74) is 1.15. The molecule has 2 amide bonds. The Bertz CT molecular complexity index is 994. The Morgan fingerprint density at radius 2 is 1.67 bits per heavy atom. The van der Waals surface area contributed by atoms with Gasteiger partial charge in [0.05, 0.1) is 6.04 Å². The van der Waals surface area contributed by atoms with Gasteiger partial charge < -0.3 is 10.1 Å². The maximum Gasteiger partial charge on any atom is 0.412 e. The molecule has 156 valence electrons. The summed E-state index contributed by atoms with van der Waals surface area (Å²) in [7, 11) is 0. The van der Waals surface area contributed by atoms with Crippen molar-refractivity contribution in [3.05, 3.63) is 87.9 Å². The second kappa shape index (κ2) is 9.09. The molecule has 1 unspecified atom stereocenters. The molecule has 0 radical (unpaired) electrons. The lowest BCUT2D eigenvalue weighted by Gasteiger charge is -2.20. The van der Waals surface area contributed by atoms with Crippen LogP contribution in [0.5, 0.6) is 0 Å². The fourth-order valence-electron chi connectivity index (χ4n) is 2.77. The van der Waals surface area contributed by atoms with Crippen molar-refractivity contribution in [3.8, 4) is 0 Å². The van der Waals surface area contributed by atoms with Gasteiger partial charge in [-0.1, -0.05) is 18.2 Å². The van der Waals surface area contributed by atoms with Gasteiger partial charge in [-0.15, -0.1) is 11.3 Å². The third-order valence-corrected chi connectivity index (χ3v) is 5.04. The van der Waals surface area contributed by atoms with Gasteiger partial charge in [-0.3, -0.25) is 10.1 Å². The predicted octanol–water partition coefficient (Wildman–Crippen LogP) is 5.75. The number of benzene rings is 2. The molecule has 0 fully saturated rings. The van der Waals surface area contributed by atoms with Crippen molar-refractivity contribution < 1.29 is 18.7 Å². The molecule has 3 rings (SSSR count). The molecule has 0 bridgehead atoms. The Hall–Kier alpha value is -3.19. The molecular weight excluding hydrogens is 403 g/mol. The fraction of sp³-hybridized carbons (Fsp3) is 0.217. The lowest BCUT2D eigenvalue weighted by molar-refractivity contribution is 0.0635. The normalized spacial score (nSPS) is 12.1. The Labute approximate surface area is 178 Å². The molecule has 2 N–H and O–H groups in total. The van der Waals surface area contributed by atoms with E-state index in [0.717, 1.165) is 10.4 Å². The summed E-state index contributed by atoms with van der Waals surface area (Å²) in [6.07, 6.45) is -0.561. The molecule has 2 aromatic carbocycles. The number of carbonyl (C=O) groups excluding carboxylic acids is 2. The second-order valence-corrected chi connectivity index (χ2v) is 8.66. The first-order chi connectivity index (χ1) is 14.2. The van der Waals surface area contributed by atoms with Gasteiger partial charge in [-0.25, -0.2) is 9.18 Å². The SMILES string of the molecule is CC(C)(C)OC(=O)Nc1ccc(C(=O)NC(c2ccc(F)cc2)c2cccs2)cc1. The smallest absolute Gasteiger partial charge is 0.412 e. The van der Waals surface area contributed by atoms with E-state index in [2.05, 4.69) is 10.6 Å². The maximum atomic E-state index is 13.3. The number of ether oxygens (including phenoxy) is 1. The maximum absolute atomic E-state index is 13.3. The van der Waals surface area contributed by atoms with Crippen LogP contribution >= 0.6 is 11.3 Å². The summed E-state index contributed by atoms with van der Waals surface area (Å²) in [5.74, 6) is -0.607. The number of nitrogens with one attached hydrogen (secondary N) is 2. The number of hydrogen-bond donors (Lipinski definition) is 2. The van der Waals surface area contributed by atoms with Gasteiger partial charge in [0, 0.05) is 16.1 Å². The minimum atomic E-state index is -0.596. The molecule has 5 nitrogen and oxygen atoms in total. The molecule has 7 heteroatoms. The summed E-state index contributed by atoms with van der Waals surface area (Å²) in [4.78, 5) is 25.6. The Morgan fingerprint density at radius 3 is 2.23 bits per heavy atom. The van der Waals surface area contributed by atoms with E-state index >= 15 is 0 Å². The van der Waals surface area contributed by atoms with Gasteiger partial charge in [-0.2, -0.15) is 0 Å². The molecule has 0 aliphatic rings. The number of halogens is 1. The lowest BCUT2D eigenvalue weighted by atomic mass is 10.0. The zero-order valence-electron chi connectivity index (χ0n) is 16.9. The summed E-state index contributed by atoms with van der Waals surface area (Å²) >= 11 is 1.51. The highest BCUT2D eigenvalue weighted by atomic mass is 32.1. The van der Waals surface area contributed by atoms with Crippen LogP contribution in [-0.2, 0) is 4.74 Å². The lowest BCUT2D eigenvalue weighted by Crippen LogP contribution is -2.29. The van der Waals surface area contributed by atoms with Crippen LogP contribution < -0.4 is 10.6 Å². The number of carbonyl (C=O) groups is 2. The van der Waals surface area contributed by atoms with Crippen molar-refractivity contribution in [3.63, 3.8) is 0 Å². The summed E-state index contributed by atoms with van der Waals surface area (Å²) < 4.78 is 18.5. The topological polar surface area (TPSA) is 67.4 Å². The Morgan fingerprint density at radius 1 is 1.00 bits per heavy atom. The van der Waals surface area contributed by atoms with E-state index in [1.54, 1.807) is 57.2 Å². The van der Waals surface area contributed by atoms with Gasteiger partial charge in [0.2, 0.25) is 0 Å². The molecule has 3 aromatic rings. The molecule has 30 heavy (non-hydrogen) atoms. The average molecular weight is 427 g/mol. The van der Waals surface area contributed by atoms with Gasteiger partial charge >= 0.3 is 6.09 Å². The largest absolute Gasteiger partial charge is 0.444 e. The fourth-order valence-corrected chi connectivity index (χ4v) is 3.57. The summed E-state index contributed by atoms with van der Waals surface area (Å²) in [6.45, 7) is 5.35. The first-order valence-electron chi connectivity index (χ1n) is 9.41. The van der Waals surface area contributed by atoms with Crippen LogP contribution in [0.15, 0.2) is 66.0 Å². The number of thiophene rings is 1. The van der Waals surface area contributed by atoms with E-state index < -0.39 is 17.7 Å². The first kappa shape index (κ1) is 21.5. The van der Waals surface area contributed by atoms with Gasteiger partial charge in [0.1, 0.15) is 11.4 Å². The second-order valence-electron chi connectivity index (χ2n) is 7.68. The monoisotopic (exact) mass is 426 g/mol. The van der Waals surface area contributed by atoms with Gasteiger partial charge in [0.25, 0.3) is 5.91 Å². The minimum absolute atomic E-state index is 0.276. The van der Waals surface area contributed by atoms with E-state index in [1.807, 2.05) is 17.5 Å². The van der Waals surface area contributed by atoms with Crippen LogP contribution in [-0.4, -0.2) is 17.6 Å². The summed E-state index contributed by atoms with van der Waals surface area (Å²) in [5, 5.41) is 7.56. The number of amides is 2. The zero-order valence-corrected chi connectivity index (χ0v) is 17.8. The van der Waals surface area contributed by atoms with Crippen molar-refractivity contribution in [2.45, 2.75) is 32.4 Å². The van der Waals surface area contributed by atoms with Crippen LogP contribution in [0.4, 0.5) is 14.9 Å². The van der Waals surface area contributed by atoms with E-state index in [9.17, 15) is 14.0 Å². The van der Waals surface area contributed by atoms with Crippen LogP contribution in [0.1, 0.15) is 47.6 Å². The zero-order chi connectivity index (χ0) is 21.7. The van der Waals surface area contributed by atoms with Crippen molar-refractivity contribution in [2.24, 2.45) is 0 Å². The molecule has 0 saturated heterocycles. The summed E-state index contributed by atoms with van der Waals surface area (Å²) in [6, 6.07) is 16.0. The Kier molecular flexibility index (Phi) is 6.52. The van der Waals surface area contributed by atoms with Crippen molar-refractivity contribution >= 4 is 29.0 Å². The minimum Gasteiger partial charge on any atom is -0.444 e. The third kappa shape index (κ3) is 5.90. The molecular formula is C23H23FN2O3S. The molecule has 0 aliphatic carbocycles. The van der Waals surface area contributed by atoms with Crippen LogP contribution in [0.3, 0.4) is 0 Å². The molecule has 1 atom stereocenters. The van der Waals surface area contributed by atoms with Crippen molar-refractivity contribution in [2.75, 3.05) is 5.32 Å². The number of anilines is 1. The van der Waals surface area contributed by atoms with Gasteiger partial charge in [0.15, 0.2) is 0 Å². The first-order valence-corrected chi connectivity index (χ1v) is 10.3. The highest BCUT2D eigenvalue weighted by Gasteiger charge is 2.20. The average Bonchev–Trinajstić information content (AvgIpc) is 3.20. The van der Waals surface area contributed by atoms with Crippen LogP contribution in [0.25, 0.3) is 0 Å².